The summed E-state index contributed by atoms with van der Waals surface area (Å²) in [6, 6.07) is 9.08. The summed E-state index contributed by atoms with van der Waals surface area (Å²) in [5.41, 5.74) is 7.05. The first-order valence-corrected chi connectivity index (χ1v) is 7.78. The molecule has 0 aliphatic carbocycles. The number of carbonyl (C=O) groups excluding carboxylic acids is 1. The van der Waals surface area contributed by atoms with Crippen LogP contribution in [0.3, 0.4) is 0 Å². The molecule has 1 aromatic rings. The van der Waals surface area contributed by atoms with Crippen LogP contribution in [-0.2, 0) is 16.1 Å². The van der Waals surface area contributed by atoms with Crippen molar-refractivity contribution in [2.75, 3.05) is 0 Å². The van der Waals surface area contributed by atoms with Gasteiger partial charge in [0.05, 0.1) is 0 Å². The van der Waals surface area contributed by atoms with Crippen LogP contribution in [0, 0.1) is 5.92 Å². The third-order valence-electron chi connectivity index (χ3n) is 3.54. The van der Waals surface area contributed by atoms with Crippen LogP contribution in [0.2, 0.25) is 0 Å². The van der Waals surface area contributed by atoms with Gasteiger partial charge in [0.1, 0.15) is 12.6 Å². The first kappa shape index (κ1) is 17.4. The summed E-state index contributed by atoms with van der Waals surface area (Å²) >= 11 is 0. The van der Waals surface area contributed by atoms with Gasteiger partial charge in [-0.25, -0.2) is 0 Å². The van der Waals surface area contributed by atoms with Crippen LogP contribution >= 0.6 is 0 Å². The minimum atomic E-state index is -0.582. The topological polar surface area (TPSA) is 52.3 Å². The van der Waals surface area contributed by atoms with Crippen molar-refractivity contribution in [1.82, 2.24) is 0 Å². The second kappa shape index (κ2) is 10.2. The fraction of sp³-hybridized carbons (Fsp3) is 0.500. The predicted octanol–water partition coefficient (Wildman–Crippen LogP) is 3.83. The fourth-order valence-electron chi connectivity index (χ4n) is 2.27. The van der Waals surface area contributed by atoms with E-state index >= 15 is 0 Å². The van der Waals surface area contributed by atoms with Crippen LogP contribution in [0.4, 0.5) is 0 Å². The Bertz CT molecular complexity index is 428. The van der Waals surface area contributed by atoms with Crippen molar-refractivity contribution in [1.29, 1.82) is 0 Å². The van der Waals surface area contributed by atoms with Crippen LogP contribution in [-0.4, -0.2) is 12.0 Å². The highest BCUT2D eigenvalue weighted by molar-refractivity contribution is 5.76. The van der Waals surface area contributed by atoms with E-state index in [4.69, 9.17) is 10.5 Å². The van der Waals surface area contributed by atoms with Gasteiger partial charge in [-0.2, -0.15) is 0 Å². The summed E-state index contributed by atoms with van der Waals surface area (Å²) in [5.74, 6) is -0.261. The molecule has 21 heavy (non-hydrogen) atoms. The molecule has 0 radical (unpaired) electrons. The largest absolute Gasteiger partial charge is 0.460 e. The number of benzene rings is 1. The molecule has 0 amide bonds. The zero-order chi connectivity index (χ0) is 15.5. The highest BCUT2D eigenvalue weighted by Gasteiger charge is 2.23. The first-order valence-electron chi connectivity index (χ1n) is 7.78. The molecule has 2 atom stereocenters. The molecule has 2 unspecified atom stereocenters. The average Bonchev–Trinajstić information content (AvgIpc) is 2.52. The third-order valence-corrected chi connectivity index (χ3v) is 3.54. The molecule has 3 nitrogen and oxygen atoms in total. The van der Waals surface area contributed by atoms with E-state index < -0.39 is 6.04 Å². The Hall–Kier alpha value is -1.61. The lowest BCUT2D eigenvalue weighted by Crippen LogP contribution is -2.38. The normalized spacial score (nSPS) is 14.0. The van der Waals surface area contributed by atoms with Crippen LogP contribution in [0.25, 0.3) is 0 Å². The first-order chi connectivity index (χ1) is 10.2. The molecular formula is C18H27NO2. The van der Waals surface area contributed by atoms with Crippen molar-refractivity contribution in [3.8, 4) is 0 Å². The molecule has 116 valence electrons. The van der Waals surface area contributed by atoms with E-state index in [-0.39, 0.29) is 18.5 Å². The second-order valence-electron chi connectivity index (χ2n) is 5.30. The highest BCUT2D eigenvalue weighted by Crippen LogP contribution is 2.16. The van der Waals surface area contributed by atoms with Crippen molar-refractivity contribution < 1.29 is 9.53 Å². The minimum absolute atomic E-state index is 0.0600. The van der Waals surface area contributed by atoms with Gasteiger partial charge in [-0.3, -0.25) is 4.79 Å². The monoisotopic (exact) mass is 289 g/mol. The standard InChI is InChI=1S/C18H27NO2/c1-3-5-7-13-16(10-4-2)17(19)18(20)21-14-15-11-8-6-9-12-15/h4,6,8-12,16-17H,3,5,7,13-14,19H2,1-2H3/b10-4-. The number of nitrogens with two attached hydrogens (primary N) is 1. The quantitative estimate of drug-likeness (QED) is 0.427. The van der Waals surface area contributed by atoms with Crippen molar-refractivity contribution in [2.24, 2.45) is 11.7 Å². The van der Waals surface area contributed by atoms with Crippen LogP contribution in [0.5, 0.6) is 0 Å². The van der Waals surface area contributed by atoms with Crippen molar-refractivity contribution in [2.45, 2.75) is 52.2 Å². The van der Waals surface area contributed by atoms with Gasteiger partial charge >= 0.3 is 5.97 Å². The minimum Gasteiger partial charge on any atom is -0.460 e. The summed E-state index contributed by atoms with van der Waals surface area (Å²) in [5, 5.41) is 0. The lowest BCUT2D eigenvalue weighted by atomic mass is 9.93. The molecule has 1 aromatic carbocycles. The Morgan fingerprint density at radius 1 is 1.29 bits per heavy atom. The maximum Gasteiger partial charge on any atom is 0.323 e. The maximum atomic E-state index is 12.1. The average molecular weight is 289 g/mol. The molecule has 0 aliphatic rings. The number of unbranched alkanes of at least 4 members (excludes halogenated alkanes) is 2. The van der Waals surface area contributed by atoms with E-state index in [1.54, 1.807) is 0 Å². The van der Waals surface area contributed by atoms with E-state index in [2.05, 4.69) is 6.92 Å². The van der Waals surface area contributed by atoms with Gasteiger partial charge in [-0.1, -0.05) is 68.7 Å². The van der Waals surface area contributed by atoms with E-state index in [1.165, 1.54) is 6.42 Å². The molecular weight excluding hydrogens is 262 g/mol. The second-order valence-corrected chi connectivity index (χ2v) is 5.30. The van der Waals surface area contributed by atoms with E-state index in [1.807, 2.05) is 49.4 Å². The number of ether oxygens (including phenoxy) is 1. The Kier molecular flexibility index (Phi) is 8.44. The van der Waals surface area contributed by atoms with Gasteiger partial charge in [0, 0.05) is 5.92 Å². The van der Waals surface area contributed by atoms with E-state index in [0.717, 1.165) is 24.8 Å². The van der Waals surface area contributed by atoms with Crippen molar-refractivity contribution in [3.63, 3.8) is 0 Å². The number of rotatable bonds is 9. The smallest absolute Gasteiger partial charge is 0.323 e. The molecule has 0 saturated carbocycles. The fourth-order valence-corrected chi connectivity index (χ4v) is 2.27. The molecule has 1 rings (SSSR count). The van der Waals surface area contributed by atoms with Gasteiger partial charge in [-0.15, -0.1) is 0 Å². The van der Waals surface area contributed by atoms with Crippen LogP contribution in [0.1, 0.15) is 45.1 Å². The zero-order valence-electron chi connectivity index (χ0n) is 13.1. The Morgan fingerprint density at radius 3 is 2.62 bits per heavy atom. The van der Waals surface area contributed by atoms with E-state index in [9.17, 15) is 4.79 Å². The molecule has 2 N–H and O–H groups in total. The molecule has 0 bridgehead atoms. The van der Waals surface area contributed by atoms with Crippen molar-refractivity contribution >= 4 is 5.97 Å². The molecule has 3 heteroatoms. The summed E-state index contributed by atoms with van der Waals surface area (Å²) < 4.78 is 5.33. The van der Waals surface area contributed by atoms with Crippen LogP contribution < -0.4 is 5.73 Å². The summed E-state index contributed by atoms with van der Waals surface area (Å²) in [4.78, 5) is 12.1. The van der Waals surface area contributed by atoms with Gasteiger partial charge in [0.15, 0.2) is 0 Å². The highest BCUT2D eigenvalue weighted by atomic mass is 16.5. The lowest BCUT2D eigenvalue weighted by Gasteiger charge is -2.19. The maximum absolute atomic E-state index is 12.1. The van der Waals surface area contributed by atoms with Gasteiger partial charge in [-0.05, 0) is 18.9 Å². The number of hydrogen-bond acceptors (Lipinski definition) is 3. The Balaban J connectivity index is 2.49. The number of carbonyl (C=O) groups is 1. The summed E-state index contributed by atoms with van der Waals surface area (Å²) in [7, 11) is 0. The Labute approximate surface area is 128 Å². The summed E-state index contributed by atoms with van der Waals surface area (Å²) in [6.45, 7) is 4.40. The molecule has 0 saturated heterocycles. The molecule has 0 aliphatic heterocycles. The van der Waals surface area contributed by atoms with Gasteiger partial charge in [0.2, 0.25) is 0 Å². The van der Waals surface area contributed by atoms with Gasteiger partial charge < -0.3 is 10.5 Å². The predicted molar refractivity (Wildman–Crippen MR) is 86.7 cm³/mol. The van der Waals surface area contributed by atoms with E-state index in [0.29, 0.717) is 0 Å². The summed E-state index contributed by atoms with van der Waals surface area (Å²) in [6.07, 6.45) is 8.33. The number of allylic oxidation sites excluding steroid dienone is 1. The van der Waals surface area contributed by atoms with Crippen LogP contribution in [0.15, 0.2) is 42.5 Å². The molecule has 0 aromatic heterocycles. The Morgan fingerprint density at radius 2 is 2.00 bits per heavy atom. The number of hydrogen-bond donors (Lipinski definition) is 1. The lowest BCUT2D eigenvalue weighted by molar-refractivity contribution is -0.147. The van der Waals surface area contributed by atoms with Crippen molar-refractivity contribution in [3.05, 3.63) is 48.0 Å². The molecule has 0 heterocycles. The SMILES string of the molecule is C/C=C\C(CCCCC)C(N)C(=O)OCc1ccccc1. The number of esters is 1. The molecule has 0 spiro atoms. The zero-order valence-corrected chi connectivity index (χ0v) is 13.1. The third kappa shape index (κ3) is 6.58. The molecule has 0 fully saturated rings. The van der Waals surface area contributed by atoms with Gasteiger partial charge in [0.25, 0.3) is 0 Å².